The van der Waals surface area contributed by atoms with Gasteiger partial charge in [-0.05, 0) is 34.1 Å². The standard InChI is InChI=1S/C19H31N3O3S/c1-5-6-7-8-9-10-12-16(21-18(24)25-19(2,3)4)17(23)15-22(26)14-11-13-20/h5-10,16-17,23,26H,11-12,14-15H2,1-4H3,(H,21,24)/b6-5-,8-7-,10-9+. The molecule has 0 aliphatic rings. The van der Waals surface area contributed by atoms with Gasteiger partial charge in [0.05, 0.1) is 18.2 Å². The van der Waals surface area contributed by atoms with Gasteiger partial charge in [0.15, 0.2) is 0 Å². The lowest BCUT2D eigenvalue weighted by Crippen LogP contribution is -2.48. The van der Waals surface area contributed by atoms with Crippen molar-refractivity contribution < 1.29 is 14.6 Å². The molecule has 0 aromatic rings. The Balaban J connectivity index is 4.85. The van der Waals surface area contributed by atoms with Crippen LogP contribution in [0.3, 0.4) is 0 Å². The van der Waals surface area contributed by atoms with E-state index in [9.17, 15) is 9.90 Å². The minimum absolute atomic E-state index is 0.216. The van der Waals surface area contributed by atoms with E-state index < -0.39 is 23.8 Å². The van der Waals surface area contributed by atoms with Crippen LogP contribution < -0.4 is 5.32 Å². The molecule has 0 heterocycles. The fourth-order valence-corrected chi connectivity index (χ4v) is 2.20. The zero-order valence-corrected chi connectivity index (χ0v) is 16.9. The van der Waals surface area contributed by atoms with Crippen LogP contribution in [0, 0.1) is 11.3 Å². The molecule has 26 heavy (non-hydrogen) atoms. The smallest absolute Gasteiger partial charge is 0.407 e. The molecule has 0 fully saturated rings. The summed E-state index contributed by atoms with van der Waals surface area (Å²) >= 11 is 4.25. The number of thiol groups is 1. The molecule has 7 heteroatoms. The van der Waals surface area contributed by atoms with Crippen LogP contribution in [0.25, 0.3) is 0 Å². The summed E-state index contributed by atoms with van der Waals surface area (Å²) < 4.78 is 6.83. The molecule has 0 bridgehead atoms. The van der Waals surface area contributed by atoms with Crippen molar-refractivity contribution in [1.29, 1.82) is 5.26 Å². The Morgan fingerprint density at radius 2 is 2.00 bits per heavy atom. The molecule has 0 rings (SSSR count). The third-order valence-electron chi connectivity index (χ3n) is 3.10. The largest absolute Gasteiger partial charge is 0.444 e. The van der Waals surface area contributed by atoms with Gasteiger partial charge in [-0.3, -0.25) is 0 Å². The third-order valence-corrected chi connectivity index (χ3v) is 3.46. The number of nitrogens with one attached hydrogen (secondary N) is 1. The van der Waals surface area contributed by atoms with Crippen LogP contribution in [-0.4, -0.2) is 46.3 Å². The summed E-state index contributed by atoms with van der Waals surface area (Å²) in [4.78, 5) is 12.0. The van der Waals surface area contributed by atoms with Crippen molar-refractivity contribution in [3.63, 3.8) is 0 Å². The molecule has 0 aliphatic heterocycles. The van der Waals surface area contributed by atoms with Gasteiger partial charge in [-0.2, -0.15) is 5.26 Å². The maximum absolute atomic E-state index is 12.0. The molecule has 6 nitrogen and oxygen atoms in total. The van der Waals surface area contributed by atoms with E-state index in [1.807, 2.05) is 49.4 Å². The van der Waals surface area contributed by atoms with Crippen molar-refractivity contribution in [2.45, 2.75) is 58.3 Å². The summed E-state index contributed by atoms with van der Waals surface area (Å²) in [7, 11) is 0. The highest BCUT2D eigenvalue weighted by Gasteiger charge is 2.24. The van der Waals surface area contributed by atoms with Crippen LogP contribution in [0.15, 0.2) is 36.5 Å². The van der Waals surface area contributed by atoms with E-state index in [0.717, 1.165) is 0 Å². The van der Waals surface area contributed by atoms with Gasteiger partial charge in [-0.25, -0.2) is 9.10 Å². The first-order valence-corrected chi connectivity index (χ1v) is 9.02. The SMILES string of the molecule is C\C=C/C=C\C=C\CC(NC(=O)OC(C)(C)C)C(O)CN(S)CCC#N. The number of carbonyl (C=O) groups is 1. The van der Waals surface area contributed by atoms with Crippen LogP contribution in [-0.2, 0) is 4.74 Å². The molecule has 0 aromatic heterocycles. The Bertz CT molecular complexity index is 533. The van der Waals surface area contributed by atoms with Gasteiger partial charge in [0.25, 0.3) is 0 Å². The van der Waals surface area contributed by atoms with Crippen molar-refractivity contribution in [2.24, 2.45) is 0 Å². The number of carbonyl (C=O) groups excluding carboxylic acids is 1. The van der Waals surface area contributed by atoms with Crippen molar-refractivity contribution in [2.75, 3.05) is 13.1 Å². The Labute approximate surface area is 162 Å². The summed E-state index contributed by atoms with van der Waals surface area (Å²) in [5, 5.41) is 21.8. The number of nitriles is 1. The molecule has 0 spiro atoms. The highest BCUT2D eigenvalue weighted by Crippen LogP contribution is 2.10. The van der Waals surface area contributed by atoms with E-state index in [1.165, 1.54) is 0 Å². The van der Waals surface area contributed by atoms with E-state index in [4.69, 9.17) is 10.00 Å². The number of nitrogens with zero attached hydrogens (tertiary/aromatic N) is 2. The highest BCUT2D eigenvalue weighted by atomic mass is 32.1. The fraction of sp³-hybridized carbons (Fsp3) is 0.579. The molecular weight excluding hydrogens is 350 g/mol. The number of allylic oxidation sites excluding steroid dienone is 5. The number of hydrogen-bond acceptors (Lipinski definition) is 6. The van der Waals surface area contributed by atoms with Crippen molar-refractivity contribution >= 4 is 18.9 Å². The van der Waals surface area contributed by atoms with E-state index in [1.54, 1.807) is 25.1 Å². The van der Waals surface area contributed by atoms with E-state index in [0.29, 0.717) is 19.4 Å². The molecule has 2 atom stereocenters. The molecule has 0 saturated carbocycles. The summed E-state index contributed by atoms with van der Waals surface area (Å²) in [5.74, 6) is 0. The average molecular weight is 382 g/mol. The van der Waals surface area contributed by atoms with Gasteiger partial charge in [-0.1, -0.05) is 49.3 Å². The minimum atomic E-state index is -0.858. The Morgan fingerprint density at radius 1 is 1.35 bits per heavy atom. The second kappa shape index (κ2) is 13.5. The van der Waals surface area contributed by atoms with Gasteiger partial charge < -0.3 is 15.2 Å². The topological polar surface area (TPSA) is 85.6 Å². The van der Waals surface area contributed by atoms with Crippen LogP contribution in [0.1, 0.15) is 40.5 Å². The lowest BCUT2D eigenvalue weighted by atomic mass is 10.1. The molecular formula is C19H31N3O3S. The highest BCUT2D eigenvalue weighted by molar-refractivity contribution is 7.77. The molecule has 0 aromatic carbocycles. The zero-order chi connectivity index (χ0) is 20.0. The van der Waals surface area contributed by atoms with Crippen molar-refractivity contribution in [1.82, 2.24) is 9.62 Å². The van der Waals surface area contributed by atoms with Crippen molar-refractivity contribution in [3.8, 4) is 6.07 Å². The molecule has 2 N–H and O–H groups in total. The maximum atomic E-state index is 12.0. The van der Waals surface area contributed by atoms with E-state index >= 15 is 0 Å². The van der Waals surface area contributed by atoms with E-state index in [2.05, 4.69) is 18.1 Å². The number of ether oxygens (including phenoxy) is 1. The summed E-state index contributed by atoms with van der Waals surface area (Å²) in [6.07, 6.45) is 10.6. The molecule has 0 aliphatic carbocycles. The minimum Gasteiger partial charge on any atom is -0.444 e. The van der Waals surface area contributed by atoms with Gasteiger partial charge in [0.2, 0.25) is 0 Å². The maximum Gasteiger partial charge on any atom is 0.407 e. The molecule has 0 radical (unpaired) electrons. The normalized spacial score (nSPS) is 14.8. The first-order chi connectivity index (χ1) is 12.2. The zero-order valence-electron chi connectivity index (χ0n) is 16.1. The quantitative estimate of drug-likeness (QED) is 0.399. The molecule has 146 valence electrons. The number of aliphatic hydroxyl groups excluding tert-OH is 1. The lowest BCUT2D eigenvalue weighted by Gasteiger charge is -2.28. The van der Waals surface area contributed by atoms with Gasteiger partial charge in [0, 0.05) is 19.5 Å². The van der Waals surface area contributed by atoms with Crippen LogP contribution >= 0.6 is 12.8 Å². The molecule has 1 amide bonds. The fourth-order valence-electron chi connectivity index (χ4n) is 1.93. The van der Waals surface area contributed by atoms with E-state index in [-0.39, 0.29) is 6.54 Å². The van der Waals surface area contributed by atoms with Crippen LogP contribution in [0.4, 0.5) is 4.79 Å². The predicted octanol–water partition coefficient (Wildman–Crippen LogP) is 3.38. The second-order valence-corrected chi connectivity index (χ2v) is 7.28. The second-order valence-electron chi connectivity index (χ2n) is 6.72. The monoisotopic (exact) mass is 381 g/mol. The van der Waals surface area contributed by atoms with Crippen molar-refractivity contribution in [3.05, 3.63) is 36.5 Å². The predicted molar refractivity (Wildman–Crippen MR) is 108 cm³/mol. The molecule has 2 unspecified atom stereocenters. The Hall–Kier alpha value is -1.75. The molecule has 0 saturated heterocycles. The first kappa shape index (κ1) is 24.2. The van der Waals surface area contributed by atoms with Gasteiger partial charge >= 0.3 is 6.09 Å². The third kappa shape index (κ3) is 13.5. The summed E-state index contributed by atoms with van der Waals surface area (Å²) in [6.45, 7) is 7.91. The summed E-state index contributed by atoms with van der Waals surface area (Å²) in [5.41, 5.74) is -0.618. The Kier molecular flexibility index (Phi) is 12.5. The average Bonchev–Trinajstić information content (AvgIpc) is 2.53. The lowest BCUT2D eigenvalue weighted by molar-refractivity contribution is 0.0408. The number of amides is 1. The number of rotatable bonds is 10. The van der Waals surface area contributed by atoms with Crippen LogP contribution in [0.2, 0.25) is 0 Å². The van der Waals surface area contributed by atoms with Gasteiger partial charge in [-0.15, -0.1) is 0 Å². The first-order valence-electron chi connectivity index (χ1n) is 8.62. The number of aliphatic hydroxyl groups is 1. The van der Waals surface area contributed by atoms with Crippen LogP contribution in [0.5, 0.6) is 0 Å². The Morgan fingerprint density at radius 3 is 2.58 bits per heavy atom. The summed E-state index contributed by atoms with van der Waals surface area (Å²) in [6, 6.07) is 1.50. The van der Waals surface area contributed by atoms with Gasteiger partial charge in [0.1, 0.15) is 5.60 Å². The number of hydrogen-bond donors (Lipinski definition) is 3. The number of alkyl carbamates (subject to hydrolysis) is 1.